The van der Waals surface area contributed by atoms with Crippen LogP contribution in [0, 0.1) is 0 Å². The van der Waals surface area contributed by atoms with Crippen LogP contribution >= 0.6 is 11.6 Å². The Balaban J connectivity index is 2.76. The molecule has 6 heteroatoms. The Morgan fingerprint density at radius 1 is 1.62 bits per heavy atom. The van der Waals surface area contributed by atoms with Crippen molar-refractivity contribution in [2.45, 2.75) is 6.54 Å². The van der Waals surface area contributed by atoms with E-state index in [-0.39, 0.29) is 5.56 Å². The number of rotatable bonds is 6. The van der Waals surface area contributed by atoms with Gasteiger partial charge in [-0.1, -0.05) is 0 Å². The van der Waals surface area contributed by atoms with Crippen molar-refractivity contribution in [1.82, 2.24) is 9.78 Å². The molecule has 0 aliphatic heterocycles. The zero-order valence-corrected chi connectivity index (χ0v) is 10.3. The Bertz CT molecular complexity index is 381. The summed E-state index contributed by atoms with van der Waals surface area (Å²) in [5, 5.41) is 4.03. The van der Waals surface area contributed by atoms with Crippen LogP contribution < -0.4 is 10.5 Å². The first-order chi connectivity index (χ1) is 7.69. The molecule has 0 aliphatic carbocycles. The number of nitrogens with zero attached hydrogens (tertiary/aromatic N) is 3. The second-order valence-electron chi connectivity index (χ2n) is 3.38. The van der Waals surface area contributed by atoms with Gasteiger partial charge in [0, 0.05) is 32.6 Å². The molecule has 16 heavy (non-hydrogen) atoms. The smallest absolute Gasteiger partial charge is 0.268 e. The van der Waals surface area contributed by atoms with Crippen LogP contribution in [-0.4, -0.2) is 43.0 Å². The van der Waals surface area contributed by atoms with Gasteiger partial charge in [0.2, 0.25) is 0 Å². The number of hydrogen-bond acceptors (Lipinski definition) is 4. The summed E-state index contributed by atoms with van der Waals surface area (Å²) in [6.07, 6.45) is 1.66. The second kappa shape index (κ2) is 6.50. The van der Waals surface area contributed by atoms with E-state index >= 15 is 0 Å². The average molecular weight is 246 g/mol. The fourth-order valence-corrected chi connectivity index (χ4v) is 1.40. The lowest BCUT2D eigenvalue weighted by molar-refractivity contribution is 0.206. The van der Waals surface area contributed by atoms with Crippen molar-refractivity contribution in [3.63, 3.8) is 0 Å². The van der Waals surface area contributed by atoms with Crippen LogP contribution in [0.15, 0.2) is 17.1 Å². The minimum Gasteiger partial charge on any atom is -0.383 e. The van der Waals surface area contributed by atoms with Gasteiger partial charge in [-0.05, 0) is 0 Å². The molecule has 0 aliphatic rings. The van der Waals surface area contributed by atoms with E-state index in [9.17, 15) is 4.79 Å². The summed E-state index contributed by atoms with van der Waals surface area (Å²) in [6.45, 7) is 1.76. The molecular formula is C10H16ClN3O2. The molecule has 1 aromatic heterocycles. The molecular weight excluding hydrogens is 230 g/mol. The summed E-state index contributed by atoms with van der Waals surface area (Å²) < 4.78 is 6.31. The van der Waals surface area contributed by atoms with Crippen LogP contribution in [0.4, 0.5) is 5.69 Å². The van der Waals surface area contributed by atoms with Crippen LogP contribution in [0.1, 0.15) is 0 Å². The van der Waals surface area contributed by atoms with Crippen molar-refractivity contribution in [2.75, 3.05) is 38.1 Å². The van der Waals surface area contributed by atoms with Gasteiger partial charge in [-0.15, -0.1) is 11.6 Å². The third-order valence-electron chi connectivity index (χ3n) is 2.22. The third-order valence-corrected chi connectivity index (χ3v) is 2.39. The fraction of sp³-hybridized carbons (Fsp3) is 0.600. The van der Waals surface area contributed by atoms with Gasteiger partial charge < -0.3 is 9.64 Å². The number of methoxy groups -OCH3 is 1. The van der Waals surface area contributed by atoms with Crippen LogP contribution in [-0.2, 0) is 11.3 Å². The highest BCUT2D eigenvalue weighted by atomic mass is 35.5. The fourth-order valence-electron chi connectivity index (χ4n) is 1.24. The topological polar surface area (TPSA) is 47.4 Å². The van der Waals surface area contributed by atoms with Gasteiger partial charge in [0.25, 0.3) is 5.56 Å². The van der Waals surface area contributed by atoms with Gasteiger partial charge in [-0.25, -0.2) is 4.68 Å². The first-order valence-corrected chi connectivity index (χ1v) is 5.55. The Kier molecular flexibility index (Phi) is 5.28. The predicted molar refractivity (Wildman–Crippen MR) is 64.4 cm³/mol. The standard InChI is InChI=1S/C10H16ClN3O2/c1-13(5-6-16-2)9-7-10(15)14(4-3-11)12-8-9/h7-8H,3-6H2,1-2H3. The molecule has 5 nitrogen and oxygen atoms in total. The minimum absolute atomic E-state index is 0.137. The molecule has 0 saturated heterocycles. The lowest BCUT2D eigenvalue weighted by Gasteiger charge is -2.18. The van der Waals surface area contributed by atoms with E-state index in [0.717, 1.165) is 12.2 Å². The lowest BCUT2D eigenvalue weighted by atomic mass is 10.4. The maximum Gasteiger partial charge on any atom is 0.268 e. The molecule has 0 amide bonds. The molecule has 0 fully saturated rings. The van der Waals surface area contributed by atoms with Crippen molar-refractivity contribution in [2.24, 2.45) is 0 Å². The largest absolute Gasteiger partial charge is 0.383 e. The molecule has 0 aromatic carbocycles. The number of anilines is 1. The first kappa shape index (κ1) is 13.0. The van der Waals surface area contributed by atoms with E-state index in [1.54, 1.807) is 19.4 Å². The highest BCUT2D eigenvalue weighted by Crippen LogP contribution is 2.05. The predicted octanol–water partition coefficient (Wildman–Crippen LogP) is 0.565. The summed E-state index contributed by atoms with van der Waals surface area (Å²) in [7, 11) is 3.53. The highest BCUT2D eigenvalue weighted by Gasteiger charge is 2.04. The zero-order chi connectivity index (χ0) is 12.0. The highest BCUT2D eigenvalue weighted by molar-refractivity contribution is 6.17. The first-order valence-electron chi connectivity index (χ1n) is 5.02. The number of hydrogen-bond donors (Lipinski definition) is 0. The third kappa shape index (κ3) is 3.50. The molecule has 1 rings (SSSR count). The average Bonchev–Trinajstić information content (AvgIpc) is 2.29. The number of ether oxygens (including phenoxy) is 1. The summed E-state index contributed by atoms with van der Waals surface area (Å²) >= 11 is 5.55. The van der Waals surface area contributed by atoms with Gasteiger partial charge in [-0.2, -0.15) is 5.10 Å². The van der Waals surface area contributed by atoms with Crippen molar-refractivity contribution in [1.29, 1.82) is 0 Å². The summed E-state index contributed by atoms with van der Waals surface area (Å²) in [5.41, 5.74) is 0.648. The minimum atomic E-state index is -0.137. The monoisotopic (exact) mass is 245 g/mol. The van der Waals surface area contributed by atoms with Gasteiger partial charge in [0.15, 0.2) is 0 Å². The van der Waals surface area contributed by atoms with Gasteiger partial charge in [0.05, 0.1) is 25.0 Å². The summed E-state index contributed by atoms with van der Waals surface area (Å²) in [5.74, 6) is 0.381. The molecule has 0 saturated carbocycles. The Morgan fingerprint density at radius 2 is 2.38 bits per heavy atom. The SMILES string of the molecule is COCCN(C)c1cnn(CCCl)c(=O)c1. The zero-order valence-electron chi connectivity index (χ0n) is 9.52. The maximum absolute atomic E-state index is 11.6. The Labute approximate surface area is 99.6 Å². The van der Waals surface area contributed by atoms with E-state index in [1.165, 1.54) is 4.68 Å². The molecule has 1 heterocycles. The van der Waals surface area contributed by atoms with E-state index in [0.29, 0.717) is 19.0 Å². The van der Waals surface area contributed by atoms with Crippen LogP contribution in [0.2, 0.25) is 0 Å². The number of likely N-dealkylation sites (N-methyl/N-ethyl adjacent to an activating group) is 1. The van der Waals surface area contributed by atoms with E-state index < -0.39 is 0 Å². The Hall–Kier alpha value is -1.07. The van der Waals surface area contributed by atoms with Gasteiger partial charge in [-0.3, -0.25) is 4.79 Å². The lowest BCUT2D eigenvalue weighted by Crippen LogP contribution is -2.27. The van der Waals surface area contributed by atoms with Gasteiger partial charge >= 0.3 is 0 Å². The van der Waals surface area contributed by atoms with Crippen LogP contribution in [0.25, 0.3) is 0 Å². The molecule has 0 unspecified atom stereocenters. The second-order valence-corrected chi connectivity index (χ2v) is 3.76. The molecule has 0 radical (unpaired) electrons. The van der Waals surface area contributed by atoms with Crippen molar-refractivity contribution < 1.29 is 4.74 Å². The van der Waals surface area contributed by atoms with Crippen molar-refractivity contribution in [3.8, 4) is 0 Å². The molecule has 0 N–H and O–H groups in total. The molecule has 90 valence electrons. The van der Waals surface area contributed by atoms with E-state index in [1.807, 2.05) is 11.9 Å². The number of aromatic nitrogens is 2. The number of halogens is 1. The van der Waals surface area contributed by atoms with Gasteiger partial charge in [0.1, 0.15) is 0 Å². The maximum atomic E-state index is 11.6. The summed E-state index contributed by atoms with van der Waals surface area (Å²) in [6, 6.07) is 1.55. The molecule has 0 atom stereocenters. The summed E-state index contributed by atoms with van der Waals surface area (Å²) in [4.78, 5) is 13.5. The van der Waals surface area contributed by atoms with E-state index in [4.69, 9.17) is 16.3 Å². The van der Waals surface area contributed by atoms with Crippen LogP contribution in [0.3, 0.4) is 0 Å². The Morgan fingerprint density at radius 3 is 2.94 bits per heavy atom. The normalized spacial score (nSPS) is 10.4. The van der Waals surface area contributed by atoms with Crippen molar-refractivity contribution in [3.05, 3.63) is 22.6 Å². The molecule has 0 bridgehead atoms. The van der Waals surface area contributed by atoms with Crippen LogP contribution in [0.5, 0.6) is 0 Å². The van der Waals surface area contributed by atoms with E-state index in [2.05, 4.69) is 5.10 Å². The molecule has 0 spiro atoms. The molecule has 1 aromatic rings. The quantitative estimate of drug-likeness (QED) is 0.688. The van der Waals surface area contributed by atoms with Crippen molar-refractivity contribution >= 4 is 17.3 Å². The number of aryl methyl sites for hydroxylation is 1. The number of alkyl halides is 1.